The number of rotatable bonds is 6. The Labute approximate surface area is 220 Å². The number of carbonyl (C=O) groups excluding carboxylic acids is 1. The summed E-state index contributed by atoms with van der Waals surface area (Å²) < 4.78 is 11.1. The van der Waals surface area contributed by atoms with Crippen molar-refractivity contribution in [3.63, 3.8) is 0 Å². The second-order valence-electron chi connectivity index (χ2n) is 8.50. The van der Waals surface area contributed by atoms with Crippen molar-refractivity contribution >= 4 is 46.0 Å². The van der Waals surface area contributed by atoms with Crippen molar-refractivity contribution in [1.29, 1.82) is 0 Å². The Morgan fingerprint density at radius 2 is 1.81 bits per heavy atom. The Kier molecular flexibility index (Phi) is 7.05. The summed E-state index contributed by atoms with van der Waals surface area (Å²) in [5.41, 5.74) is -0.310. The molecular formula is C26H21Cl2NO8. The Morgan fingerprint density at radius 1 is 1.11 bits per heavy atom. The molecule has 192 valence electrons. The van der Waals surface area contributed by atoms with Crippen LogP contribution < -0.4 is 15.5 Å². The molecule has 0 saturated heterocycles. The lowest BCUT2D eigenvalue weighted by molar-refractivity contribution is 0.0697. The van der Waals surface area contributed by atoms with E-state index in [0.717, 1.165) is 0 Å². The standard InChI is InChI=1S/C26H21Cl2NO8/c1-10(2)29-25(33)11-4-5-13(26(34)35)14(6-11)18-15-7-12(9-30)21(31)19(27)23(15)37-24-16(18)8-17(36-3)22(32)20(24)28/h4-8,10,30-31H,9H2,1-3H3,(H,29,33)(H,34,35). The molecule has 0 atom stereocenters. The fourth-order valence-electron chi connectivity index (χ4n) is 4.07. The van der Waals surface area contributed by atoms with Crippen molar-refractivity contribution in [2.24, 2.45) is 0 Å². The summed E-state index contributed by atoms with van der Waals surface area (Å²) in [6.45, 7) is 2.97. The smallest absolute Gasteiger partial charge is 0.336 e. The van der Waals surface area contributed by atoms with Crippen LogP contribution in [-0.2, 0) is 6.61 Å². The van der Waals surface area contributed by atoms with Gasteiger partial charge in [0.05, 0.1) is 19.3 Å². The van der Waals surface area contributed by atoms with E-state index in [1.54, 1.807) is 13.8 Å². The molecule has 0 aromatic heterocycles. The van der Waals surface area contributed by atoms with E-state index in [2.05, 4.69) is 5.32 Å². The van der Waals surface area contributed by atoms with Gasteiger partial charge in [-0.1, -0.05) is 23.2 Å². The fraction of sp³-hybridized carbons (Fsp3) is 0.192. The molecule has 1 heterocycles. The van der Waals surface area contributed by atoms with Crippen LogP contribution in [0.3, 0.4) is 0 Å². The van der Waals surface area contributed by atoms with Crippen LogP contribution in [0.5, 0.6) is 11.5 Å². The first-order chi connectivity index (χ1) is 17.5. The van der Waals surface area contributed by atoms with Crippen LogP contribution in [0.1, 0.15) is 40.1 Å². The van der Waals surface area contributed by atoms with Gasteiger partial charge >= 0.3 is 5.97 Å². The number of aliphatic hydroxyl groups is 1. The van der Waals surface area contributed by atoms with E-state index in [0.29, 0.717) is 0 Å². The number of benzene rings is 3. The normalized spacial score (nSPS) is 11.3. The third-order valence-electron chi connectivity index (χ3n) is 5.75. The molecule has 0 spiro atoms. The summed E-state index contributed by atoms with van der Waals surface area (Å²) in [5.74, 6) is -2.46. The van der Waals surface area contributed by atoms with E-state index in [-0.39, 0.29) is 71.9 Å². The molecule has 1 amide bonds. The Hall–Kier alpha value is -3.79. The van der Waals surface area contributed by atoms with Gasteiger partial charge in [-0.2, -0.15) is 0 Å². The first-order valence-electron chi connectivity index (χ1n) is 11.0. The minimum absolute atomic E-state index is 0.0392. The van der Waals surface area contributed by atoms with Gasteiger partial charge in [0.25, 0.3) is 5.91 Å². The number of aromatic hydroxyl groups is 1. The second-order valence-corrected chi connectivity index (χ2v) is 9.26. The van der Waals surface area contributed by atoms with E-state index >= 15 is 0 Å². The number of carbonyl (C=O) groups is 2. The van der Waals surface area contributed by atoms with E-state index in [1.807, 2.05) is 0 Å². The highest BCUT2D eigenvalue weighted by Gasteiger charge is 2.29. The lowest BCUT2D eigenvalue weighted by Gasteiger charge is -2.20. The summed E-state index contributed by atoms with van der Waals surface area (Å²) in [4.78, 5) is 37.8. The topological polar surface area (TPSA) is 146 Å². The van der Waals surface area contributed by atoms with Crippen molar-refractivity contribution < 1.29 is 34.1 Å². The van der Waals surface area contributed by atoms with Gasteiger partial charge in [0.15, 0.2) is 17.1 Å². The molecule has 2 aromatic carbocycles. The van der Waals surface area contributed by atoms with Gasteiger partial charge in [-0.15, -0.1) is 0 Å². The minimum atomic E-state index is -1.29. The average Bonchev–Trinajstić information content (AvgIpc) is 2.86. The summed E-state index contributed by atoms with van der Waals surface area (Å²) in [6.07, 6.45) is 0. The molecule has 4 N–H and O–H groups in total. The van der Waals surface area contributed by atoms with Crippen molar-refractivity contribution in [2.45, 2.75) is 26.5 Å². The highest BCUT2D eigenvalue weighted by Crippen LogP contribution is 2.48. The number of phenols is 1. The van der Waals surface area contributed by atoms with Crippen molar-refractivity contribution in [3.05, 3.63) is 67.3 Å². The van der Waals surface area contributed by atoms with Gasteiger partial charge in [0, 0.05) is 33.7 Å². The van der Waals surface area contributed by atoms with E-state index in [1.165, 1.54) is 37.4 Å². The first kappa shape index (κ1) is 26.3. The number of fused-ring (bicyclic) bond motifs is 2. The van der Waals surface area contributed by atoms with Gasteiger partial charge < -0.3 is 29.8 Å². The van der Waals surface area contributed by atoms with Crippen LogP contribution in [0.4, 0.5) is 0 Å². The number of hydrogen-bond donors (Lipinski definition) is 4. The van der Waals surface area contributed by atoms with Crippen LogP contribution >= 0.6 is 23.2 Å². The molecule has 0 fully saturated rings. The maximum absolute atomic E-state index is 12.8. The number of hydrogen-bond acceptors (Lipinski definition) is 7. The third-order valence-corrected chi connectivity index (χ3v) is 6.45. The van der Waals surface area contributed by atoms with Crippen molar-refractivity contribution in [2.75, 3.05) is 7.11 Å². The molecular weight excluding hydrogens is 525 g/mol. The molecule has 11 heteroatoms. The van der Waals surface area contributed by atoms with Crippen LogP contribution in [0, 0.1) is 0 Å². The lowest BCUT2D eigenvalue weighted by Crippen LogP contribution is -2.30. The average molecular weight is 546 g/mol. The molecule has 0 radical (unpaired) electrons. The third kappa shape index (κ3) is 4.46. The van der Waals surface area contributed by atoms with Gasteiger partial charge in [-0.3, -0.25) is 9.59 Å². The van der Waals surface area contributed by atoms with E-state index in [9.17, 15) is 29.7 Å². The Bertz CT molecular complexity index is 1610. The molecule has 37 heavy (non-hydrogen) atoms. The number of ether oxygens (including phenoxy) is 1. The zero-order valence-corrected chi connectivity index (χ0v) is 21.3. The predicted octanol–water partition coefficient (Wildman–Crippen LogP) is 4.91. The van der Waals surface area contributed by atoms with Crippen LogP contribution in [0.25, 0.3) is 33.4 Å². The van der Waals surface area contributed by atoms with E-state index < -0.39 is 29.7 Å². The number of carboxylic acid groups (broad SMARTS) is 1. The molecule has 2 aromatic rings. The SMILES string of the molecule is COc1cc2c(-c3cc(C(=O)NC(C)C)ccc3C(=O)O)c3cc(CO)c(O)c(Cl)c3oc-2c(Cl)c1=O. The molecule has 0 unspecified atom stereocenters. The number of carboxylic acids is 1. The quantitative estimate of drug-likeness (QED) is 0.250. The lowest BCUT2D eigenvalue weighted by atomic mass is 9.88. The summed E-state index contributed by atoms with van der Waals surface area (Å²) >= 11 is 12.7. The zero-order chi connectivity index (χ0) is 27.2. The molecule has 1 aliphatic carbocycles. The second kappa shape index (κ2) is 9.93. The van der Waals surface area contributed by atoms with Crippen LogP contribution in [0.2, 0.25) is 10.0 Å². The fourth-order valence-corrected chi connectivity index (χ4v) is 4.57. The summed E-state index contributed by atoms with van der Waals surface area (Å²) in [7, 11) is 1.27. The van der Waals surface area contributed by atoms with Gasteiger partial charge in [0.1, 0.15) is 15.8 Å². The molecule has 1 aliphatic heterocycles. The van der Waals surface area contributed by atoms with Gasteiger partial charge in [-0.05, 0) is 49.7 Å². The van der Waals surface area contributed by atoms with Crippen molar-refractivity contribution in [3.8, 4) is 33.9 Å². The summed E-state index contributed by atoms with van der Waals surface area (Å²) in [5, 5.41) is 32.6. The predicted molar refractivity (Wildman–Crippen MR) is 138 cm³/mol. The Balaban J connectivity index is 2.26. The highest BCUT2D eigenvalue weighted by atomic mass is 35.5. The molecule has 4 rings (SSSR count). The number of amides is 1. The monoisotopic (exact) mass is 545 g/mol. The van der Waals surface area contributed by atoms with Crippen molar-refractivity contribution in [1.82, 2.24) is 5.32 Å². The molecule has 0 saturated carbocycles. The van der Waals surface area contributed by atoms with Gasteiger partial charge in [-0.25, -0.2) is 4.79 Å². The Morgan fingerprint density at radius 3 is 2.41 bits per heavy atom. The van der Waals surface area contributed by atoms with Crippen LogP contribution in [0.15, 0.2) is 39.5 Å². The highest BCUT2D eigenvalue weighted by molar-refractivity contribution is 6.37. The van der Waals surface area contributed by atoms with Gasteiger partial charge in [0.2, 0.25) is 5.43 Å². The first-order valence-corrected chi connectivity index (χ1v) is 11.7. The zero-order valence-electron chi connectivity index (χ0n) is 19.8. The number of methoxy groups -OCH3 is 1. The number of aliphatic hydroxyl groups excluding tert-OH is 1. The van der Waals surface area contributed by atoms with E-state index in [4.69, 9.17) is 32.4 Å². The minimum Gasteiger partial charge on any atom is -0.506 e. The number of nitrogens with one attached hydrogen (secondary N) is 1. The maximum Gasteiger partial charge on any atom is 0.336 e. The molecule has 9 nitrogen and oxygen atoms in total. The van der Waals surface area contributed by atoms with Crippen LogP contribution in [-0.4, -0.2) is 40.3 Å². The maximum atomic E-state index is 12.8. The largest absolute Gasteiger partial charge is 0.506 e. The summed E-state index contributed by atoms with van der Waals surface area (Å²) in [6, 6.07) is 6.59. The number of halogens is 2. The number of aromatic carboxylic acids is 1. The molecule has 2 aliphatic rings. The molecule has 0 bridgehead atoms.